The highest BCUT2D eigenvalue weighted by atomic mass is 16.5. The molecule has 0 bridgehead atoms. The standard InChI is InChI=1S/C16H25NO3/c1-13-10-20-14(2)8-17(13)9-16(18)12-19-11-15-6-4-3-5-7-15/h3-7,13-14,16,18H,8-12H2,1-2H3. The number of hydrogen-bond acceptors (Lipinski definition) is 4. The van der Waals surface area contributed by atoms with Gasteiger partial charge in [-0.2, -0.15) is 0 Å². The van der Waals surface area contributed by atoms with Crippen LogP contribution in [-0.2, 0) is 16.1 Å². The van der Waals surface area contributed by atoms with Crippen LogP contribution in [0.2, 0.25) is 0 Å². The van der Waals surface area contributed by atoms with E-state index in [4.69, 9.17) is 9.47 Å². The van der Waals surface area contributed by atoms with Gasteiger partial charge in [-0.3, -0.25) is 4.90 Å². The number of β-amino-alcohol motifs (C(OH)–C–C–N with tert-alkyl or cyclic N) is 1. The summed E-state index contributed by atoms with van der Waals surface area (Å²) in [6.07, 6.45) is -0.213. The van der Waals surface area contributed by atoms with Crippen molar-refractivity contribution in [2.24, 2.45) is 0 Å². The van der Waals surface area contributed by atoms with E-state index in [1.165, 1.54) is 0 Å². The summed E-state index contributed by atoms with van der Waals surface area (Å²) in [7, 11) is 0. The van der Waals surface area contributed by atoms with Gasteiger partial charge in [-0.25, -0.2) is 0 Å². The molecule has 4 nitrogen and oxygen atoms in total. The first-order chi connectivity index (χ1) is 9.65. The molecule has 0 saturated carbocycles. The van der Waals surface area contributed by atoms with Crippen LogP contribution in [0.5, 0.6) is 0 Å². The van der Waals surface area contributed by atoms with Crippen LogP contribution in [0.3, 0.4) is 0 Å². The predicted octanol–water partition coefficient (Wildman–Crippen LogP) is 1.67. The fourth-order valence-electron chi connectivity index (χ4n) is 2.44. The summed E-state index contributed by atoms with van der Waals surface area (Å²) < 4.78 is 11.2. The lowest BCUT2D eigenvalue weighted by atomic mass is 10.2. The molecule has 0 radical (unpaired) electrons. The van der Waals surface area contributed by atoms with Gasteiger partial charge in [-0.15, -0.1) is 0 Å². The van der Waals surface area contributed by atoms with Crippen molar-refractivity contribution in [2.75, 3.05) is 26.3 Å². The third kappa shape index (κ3) is 4.87. The summed E-state index contributed by atoms with van der Waals surface area (Å²) in [6, 6.07) is 10.4. The monoisotopic (exact) mass is 279 g/mol. The minimum atomic E-state index is -0.452. The van der Waals surface area contributed by atoms with Crippen LogP contribution >= 0.6 is 0 Å². The van der Waals surface area contributed by atoms with Crippen LogP contribution in [0.4, 0.5) is 0 Å². The molecule has 1 saturated heterocycles. The zero-order valence-electron chi connectivity index (χ0n) is 12.4. The molecular weight excluding hydrogens is 254 g/mol. The minimum absolute atomic E-state index is 0.239. The lowest BCUT2D eigenvalue weighted by Crippen LogP contribution is -2.50. The second-order valence-corrected chi connectivity index (χ2v) is 5.60. The molecule has 3 unspecified atom stereocenters. The smallest absolute Gasteiger partial charge is 0.0900 e. The van der Waals surface area contributed by atoms with Crippen molar-refractivity contribution in [1.29, 1.82) is 0 Å². The topological polar surface area (TPSA) is 41.9 Å². The van der Waals surface area contributed by atoms with E-state index < -0.39 is 6.10 Å². The van der Waals surface area contributed by atoms with Crippen LogP contribution in [0.15, 0.2) is 30.3 Å². The van der Waals surface area contributed by atoms with E-state index in [1.807, 2.05) is 30.3 Å². The molecule has 1 aliphatic rings. The van der Waals surface area contributed by atoms with Crippen molar-refractivity contribution in [3.63, 3.8) is 0 Å². The number of aliphatic hydroxyl groups excluding tert-OH is 1. The number of aliphatic hydroxyl groups is 1. The summed E-state index contributed by atoms with van der Waals surface area (Å²) in [4.78, 5) is 2.27. The molecule has 20 heavy (non-hydrogen) atoms. The van der Waals surface area contributed by atoms with Crippen LogP contribution in [-0.4, -0.2) is 54.6 Å². The van der Waals surface area contributed by atoms with Gasteiger partial charge in [0, 0.05) is 19.1 Å². The van der Waals surface area contributed by atoms with E-state index in [0.29, 0.717) is 25.8 Å². The average molecular weight is 279 g/mol. The van der Waals surface area contributed by atoms with E-state index in [-0.39, 0.29) is 6.10 Å². The summed E-state index contributed by atoms with van der Waals surface area (Å²) in [5.74, 6) is 0. The molecular formula is C16H25NO3. The Morgan fingerprint density at radius 3 is 2.85 bits per heavy atom. The maximum atomic E-state index is 10.1. The summed E-state index contributed by atoms with van der Waals surface area (Å²) in [5, 5.41) is 10.1. The maximum Gasteiger partial charge on any atom is 0.0900 e. The Balaban J connectivity index is 1.68. The molecule has 1 heterocycles. The van der Waals surface area contributed by atoms with E-state index in [9.17, 15) is 5.11 Å². The number of ether oxygens (including phenoxy) is 2. The number of hydrogen-bond donors (Lipinski definition) is 1. The van der Waals surface area contributed by atoms with Crippen LogP contribution in [0.25, 0.3) is 0 Å². The van der Waals surface area contributed by atoms with Gasteiger partial charge < -0.3 is 14.6 Å². The average Bonchev–Trinajstić information content (AvgIpc) is 2.44. The Morgan fingerprint density at radius 1 is 1.35 bits per heavy atom. The first-order valence-corrected chi connectivity index (χ1v) is 7.30. The van der Waals surface area contributed by atoms with Crippen molar-refractivity contribution in [2.45, 2.75) is 38.7 Å². The Hall–Kier alpha value is -0.940. The number of morpholine rings is 1. The van der Waals surface area contributed by atoms with Gasteiger partial charge in [0.1, 0.15) is 0 Å². The highest BCUT2D eigenvalue weighted by molar-refractivity contribution is 5.13. The summed E-state index contributed by atoms with van der Waals surface area (Å²) in [6.45, 7) is 7.36. The molecule has 0 aliphatic carbocycles. The van der Waals surface area contributed by atoms with Crippen molar-refractivity contribution >= 4 is 0 Å². The van der Waals surface area contributed by atoms with Gasteiger partial charge in [-0.05, 0) is 19.4 Å². The molecule has 2 rings (SSSR count). The normalized spacial score (nSPS) is 25.6. The first kappa shape index (κ1) is 15.4. The maximum absolute atomic E-state index is 10.1. The van der Waals surface area contributed by atoms with E-state index in [1.54, 1.807) is 0 Å². The van der Waals surface area contributed by atoms with Gasteiger partial charge in [0.15, 0.2) is 0 Å². The second-order valence-electron chi connectivity index (χ2n) is 5.60. The third-order valence-electron chi connectivity index (χ3n) is 3.60. The fourth-order valence-corrected chi connectivity index (χ4v) is 2.44. The number of benzene rings is 1. The Kier molecular flexibility index (Phi) is 5.98. The Bertz CT molecular complexity index is 385. The molecule has 1 N–H and O–H groups in total. The van der Waals surface area contributed by atoms with E-state index in [0.717, 1.165) is 18.7 Å². The minimum Gasteiger partial charge on any atom is -0.389 e. The number of rotatable bonds is 6. The Morgan fingerprint density at radius 2 is 2.10 bits per heavy atom. The van der Waals surface area contributed by atoms with E-state index in [2.05, 4.69) is 18.7 Å². The summed E-state index contributed by atoms with van der Waals surface area (Å²) >= 11 is 0. The largest absolute Gasteiger partial charge is 0.389 e. The van der Waals surface area contributed by atoms with Gasteiger partial charge in [-0.1, -0.05) is 30.3 Å². The lowest BCUT2D eigenvalue weighted by Gasteiger charge is -2.37. The summed E-state index contributed by atoms with van der Waals surface area (Å²) in [5.41, 5.74) is 1.13. The predicted molar refractivity (Wildman–Crippen MR) is 78.6 cm³/mol. The van der Waals surface area contributed by atoms with Gasteiger partial charge in [0.25, 0.3) is 0 Å². The first-order valence-electron chi connectivity index (χ1n) is 7.30. The van der Waals surface area contributed by atoms with Crippen LogP contribution in [0.1, 0.15) is 19.4 Å². The molecule has 4 heteroatoms. The molecule has 1 aromatic carbocycles. The third-order valence-corrected chi connectivity index (χ3v) is 3.60. The number of nitrogens with zero attached hydrogens (tertiary/aromatic N) is 1. The van der Waals surface area contributed by atoms with Gasteiger partial charge in [0.05, 0.1) is 32.0 Å². The molecule has 1 aliphatic heterocycles. The second kappa shape index (κ2) is 7.74. The van der Waals surface area contributed by atoms with Crippen molar-refractivity contribution in [1.82, 2.24) is 4.90 Å². The van der Waals surface area contributed by atoms with Crippen molar-refractivity contribution in [3.05, 3.63) is 35.9 Å². The molecule has 0 aromatic heterocycles. The van der Waals surface area contributed by atoms with Crippen LogP contribution in [0, 0.1) is 0 Å². The molecule has 0 amide bonds. The molecule has 1 aromatic rings. The molecule has 0 spiro atoms. The highest BCUT2D eigenvalue weighted by Gasteiger charge is 2.25. The zero-order valence-corrected chi connectivity index (χ0v) is 12.4. The quantitative estimate of drug-likeness (QED) is 0.860. The zero-order chi connectivity index (χ0) is 14.4. The molecule has 3 atom stereocenters. The van der Waals surface area contributed by atoms with Crippen molar-refractivity contribution in [3.8, 4) is 0 Å². The van der Waals surface area contributed by atoms with Gasteiger partial charge in [0.2, 0.25) is 0 Å². The SMILES string of the molecule is CC1CN(CC(O)COCc2ccccc2)C(C)CO1. The molecule has 1 fully saturated rings. The van der Waals surface area contributed by atoms with E-state index >= 15 is 0 Å². The highest BCUT2D eigenvalue weighted by Crippen LogP contribution is 2.12. The Labute approximate surface area is 121 Å². The molecule has 112 valence electrons. The van der Waals surface area contributed by atoms with Gasteiger partial charge >= 0.3 is 0 Å². The fraction of sp³-hybridized carbons (Fsp3) is 0.625. The van der Waals surface area contributed by atoms with Crippen LogP contribution < -0.4 is 0 Å². The lowest BCUT2D eigenvalue weighted by molar-refractivity contribution is -0.0712. The van der Waals surface area contributed by atoms with Crippen molar-refractivity contribution < 1.29 is 14.6 Å².